The largest absolute Gasteiger partial charge is 0.398 e. The second-order valence-corrected chi connectivity index (χ2v) is 10.1. The van der Waals surface area contributed by atoms with Crippen LogP contribution in [0.3, 0.4) is 0 Å². The van der Waals surface area contributed by atoms with Gasteiger partial charge in [-0.2, -0.15) is 4.94 Å². The van der Waals surface area contributed by atoms with Crippen molar-refractivity contribution in [2.75, 3.05) is 12.8 Å². The number of nitrogens with two attached hydrogens (primary N) is 1. The van der Waals surface area contributed by atoms with E-state index in [4.69, 9.17) is 5.73 Å². The van der Waals surface area contributed by atoms with Gasteiger partial charge in [-0.15, -0.1) is 0 Å². The lowest BCUT2D eigenvalue weighted by atomic mass is 9.89. The van der Waals surface area contributed by atoms with E-state index in [9.17, 15) is 9.32 Å². The number of anilines is 1. The fourth-order valence-electron chi connectivity index (χ4n) is 4.83. The highest BCUT2D eigenvalue weighted by atomic mass is 19.3. The summed E-state index contributed by atoms with van der Waals surface area (Å²) in [4.78, 5) is 26.9. The van der Waals surface area contributed by atoms with Crippen molar-refractivity contribution in [1.82, 2.24) is 9.88 Å². The van der Waals surface area contributed by atoms with E-state index in [-0.39, 0.29) is 35.8 Å². The van der Waals surface area contributed by atoms with Crippen molar-refractivity contribution in [2.24, 2.45) is 4.99 Å². The van der Waals surface area contributed by atoms with Gasteiger partial charge in [0.15, 0.2) is 0 Å². The number of aliphatic imine (C=N–C) groups is 1. The van der Waals surface area contributed by atoms with Gasteiger partial charge >= 0.3 is 0 Å². The molecule has 9 heteroatoms. The zero-order valence-corrected chi connectivity index (χ0v) is 20.8. The third-order valence-corrected chi connectivity index (χ3v) is 7.09. The second-order valence-electron chi connectivity index (χ2n) is 10.1. The molecular formula is C28H27F3N4O2. The summed E-state index contributed by atoms with van der Waals surface area (Å²) in [5, 5.41) is 0. The quantitative estimate of drug-likeness (QED) is 0.322. The van der Waals surface area contributed by atoms with Gasteiger partial charge in [-0.25, -0.2) is 8.78 Å². The first-order chi connectivity index (χ1) is 17.6. The molecule has 0 saturated heterocycles. The summed E-state index contributed by atoms with van der Waals surface area (Å²) in [6.45, 7) is 3.00. The molecule has 1 aliphatic carbocycles. The molecule has 0 atom stereocenters. The van der Waals surface area contributed by atoms with E-state index in [2.05, 4.69) is 14.9 Å². The number of carbonyl (C=O) groups is 1. The standard InChI is InChI=1S/C28H27F3N4O2/c1-28(2,37-31)22-7-6-18(20(12-33-3)26(22)32)16-9-23(29)21(24(30)10-16)13-35-14-25-19(27(35)36)8-17(11-34-25)15-4-5-15/h6-12,15H,4-5,13-14,32H2,1-3H3. The second kappa shape index (κ2) is 9.30. The minimum Gasteiger partial charge on any atom is -0.398 e. The van der Waals surface area contributed by atoms with Crippen molar-refractivity contribution in [3.63, 3.8) is 0 Å². The Morgan fingerprint density at radius 3 is 2.51 bits per heavy atom. The molecule has 1 aromatic heterocycles. The van der Waals surface area contributed by atoms with Gasteiger partial charge in [0.2, 0.25) is 0 Å². The Morgan fingerprint density at radius 1 is 1.19 bits per heavy atom. The Balaban J connectivity index is 1.46. The Labute approximate surface area is 212 Å². The number of amides is 1. The first kappa shape index (κ1) is 25.0. The van der Waals surface area contributed by atoms with Crippen LogP contribution >= 0.6 is 0 Å². The molecule has 2 aromatic carbocycles. The van der Waals surface area contributed by atoms with Gasteiger partial charge in [0.05, 0.1) is 24.3 Å². The van der Waals surface area contributed by atoms with Gasteiger partial charge < -0.3 is 10.6 Å². The summed E-state index contributed by atoms with van der Waals surface area (Å²) in [7, 11) is 1.53. The van der Waals surface area contributed by atoms with Crippen molar-refractivity contribution in [3.05, 3.63) is 81.7 Å². The lowest BCUT2D eigenvalue weighted by molar-refractivity contribution is -0.227. The van der Waals surface area contributed by atoms with Crippen molar-refractivity contribution in [2.45, 2.75) is 51.3 Å². The van der Waals surface area contributed by atoms with Gasteiger partial charge in [-0.3, -0.25) is 14.8 Å². The Kier molecular flexibility index (Phi) is 6.27. The predicted octanol–water partition coefficient (Wildman–Crippen LogP) is 5.83. The molecule has 0 spiro atoms. The number of halogens is 3. The highest BCUT2D eigenvalue weighted by Gasteiger charge is 2.33. The van der Waals surface area contributed by atoms with Gasteiger partial charge in [-0.1, -0.05) is 12.1 Å². The molecule has 0 bridgehead atoms. The highest BCUT2D eigenvalue weighted by Crippen LogP contribution is 2.41. The normalized spacial score (nSPS) is 15.6. The van der Waals surface area contributed by atoms with Crippen molar-refractivity contribution in [3.8, 4) is 11.1 Å². The number of nitrogens with zero attached hydrogens (tertiary/aromatic N) is 3. The van der Waals surface area contributed by atoms with Crippen LogP contribution < -0.4 is 5.73 Å². The van der Waals surface area contributed by atoms with Crippen molar-refractivity contribution in [1.29, 1.82) is 0 Å². The molecule has 37 heavy (non-hydrogen) atoms. The van der Waals surface area contributed by atoms with Gasteiger partial charge in [0, 0.05) is 41.8 Å². The van der Waals surface area contributed by atoms with E-state index >= 15 is 8.78 Å². The molecule has 1 saturated carbocycles. The summed E-state index contributed by atoms with van der Waals surface area (Å²) in [5.74, 6) is -1.42. The van der Waals surface area contributed by atoms with Crippen LogP contribution in [0.2, 0.25) is 0 Å². The number of rotatable bonds is 7. The number of benzene rings is 2. The first-order valence-electron chi connectivity index (χ1n) is 12.1. The number of hydrogen-bond donors (Lipinski definition) is 1. The molecule has 2 heterocycles. The summed E-state index contributed by atoms with van der Waals surface area (Å²) in [5.41, 5.74) is 8.52. The fraction of sp³-hybridized carbons (Fsp3) is 0.321. The predicted molar refractivity (Wildman–Crippen MR) is 135 cm³/mol. The molecule has 2 aliphatic rings. The maximum absolute atomic E-state index is 15.3. The lowest BCUT2D eigenvalue weighted by Gasteiger charge is -2.24. The fourth-order valence-corrected chi connectivity index (χ4v) is 4.83. The summed E-state index contributed by atoms with van der Waals surface area (Å²) >= 11 is 0. The molecule has 2 N–H and O–H groups in total. The smallest absolute Gasteiger partial charge is 0.256 e. The topological polar surface area (TPSA) is 80.8 Å². The Hall–Kier alpha value is -3.72. The highest BCUT2D eigenvalue weighted by molar-refractivity contribution is 5.98. The average Bonchev–Trinajstić information content (AvgIpc) is 3.67. The summed E-state index contributed by atoms with van der Waals surface area (Å²) in [6.07, 6.45) is 5.42. The van der Waals surface area contributed by atoms with E-state index in [0.29, 0.717) is 33.9 Å². The van der Waals surface area contributed by atoms with Crippen LogP contribution in [0.4, 0.5) is 19.0 Å². The summed E-state index contributed by atoms with van der Waals surface area (Å²) < 4.78 is 43.7. The lowest BCUT2D eigenvalue weighted by Crippen LogP contribution is -2.24. The number of pyridine rings is 1. The molecule has 6 nitrogen and oxygen atoms in total. The van der Waals surface area contributed by atoms with Crippen LogP contribution in [0, 0.1) is 11.6 Å². The van der Waals surface area contributed by atoms with Gasteiger partial charge in [0.1, 0.15) is 17.2 Å². The Bertz CT molecular complexity index is 1410. The molecule has 1 aliphatic heterocycles. The molecule has 5 rings (SSSR count). The van der Waals surface area contributed by atoms with Crippen LogP contribution in [0.5, 0.6) is 0 Å². The Morgan fingerprint density at radius 2 is 1.89 bits per heavy atom. The SMILES string of the molecule is CN=Cc1c(-c2cc(F)c(CN3Cc4ncc(C5CC5)cc4C3=O)c(F)c2)ccc(C(C)(C)OF)c1N. The van der Waals surface area contributed by atoms with Crippen molar-refractivity contribution >= 4 is 17.8 Å². The molecule has 3 aromatic rings. The van der Waals surface area contributed by atoms with E-state index in [0.717, 1.165) is 18.4 Å². The minimum absolute atomic E-state index is 0.189. The monoisotopic (exact) mass is 508 g/mol. The molecule has 1 amide bonds. The van der Waals surface area contributed by atoms with Crippen LogP contribution in [0.1, 0.15) is 70.9 Å². The number of fused-ring (bicyclic) bond motifs is 1. The number of hydrogen-bond acceptors (Lipinski definition) is 5. The zero-order valence-electron chi connectivity index (χ0n) is 20.8. The zero-order chi connectivity index (χ0) is 26.5. The molecule has 0 radical (unpaired) electrons. The van der Waals surface area contributed by atoms with E-state index < -0.39 is 17.2 Å². The molecular weight excluding hydrogens is 481 g/mol. The van der Waals surface area contributed by atoms with Gasteiger partial charge in [0.25, 0.3) is 5.91 Å². The van der Waals surface area contributed by atoms with Crippen LogP contribution in [-0.2, 0) is 23.6 Å². The molecule has 0 unspecified atom stereocenters. The van der Waals surface area contributed by atoms with E-state index in [1.807, 2.05) is 6.07 Å². The maximum Gasteiger partial charge on any atom is 0.256 e. The van der Waals surface area contributed by atoms with E-state index in [1.165, 1.54) is 44.1 Å². The summed E-state index contributed by atoms with van der Waals surface area (Å²) in [6, 6.07) is 7.42. The first-order valence-corrected chi connectivity index (χ1v) is 12.1. The third-order valence-electron chi connectivity index (χ3n) is 7.09. The van der Waals surface area contributed by atoms with Crippen LogP contribution in [0.15, 0.2) is 41.5 Å². The van der Waals surface area contributed by atoms with Gasteiger partial charge in [-0.05, 0) is 72.0 Å². The average molecular weight is 509 g/mol. The van der Waals surface area contributed by atoms with Crippen LogP contribution in [-0.4, -0.2) is 29.1 Å². The number of nitrogen functional groups attached to an aromatic ring is 1. The minimum atomic E-state index is -1.33. The maximum atomic E-state index is 15.3. The molecule has 192 valence electrons. The molecule has 1 fully saturated rings. The third kappa shape index (κ3) is 4.48. The number of aromatic nitrogens is 1. The van der Waals surface area contributed by atoms with E-state index in [1.54, 1.807) is 18.3 Å². The van der Waals surface area contributed by atoms with Crippen molar-refractivity contribution < 1.29 is 23.0 Å². The van der Waals surface area contributed by atoms with Crippen LogP contribution in [0.25, 0.3) is 11.1 Å². The number of carbonyl (C=O) groups excluding carboxylic acids is 1.